The summed E-state index contributed by atoms with van der Waals surface area (Å²) < 4.78 is 231. The largest absolute Gasteiger partial charge is 0.486 e. The first kappa shape index (κ1) is 40.0. The van der Waals surface area contributed by atoms with Crippen LogP contribution < -0.4 is 9.47 Å². The highest BCUT2D eigenvalue weighted by atomic mass is 32.2. The van der Waals surface area contributed by atoms with Gasteiger partial charge in [0.05, 0.1) is 10.9 Å². The Labute approximate surface area is 270 Å². The Morgan fingerprint density at radius 2 is 0.959 bits per heavy atom. The van der Waals surface area contributed by atoms with Crippen LogP contribution in [0.15, 0.2) is 93.5 Å². The van der Waals surface area contributed by atoms with Crippen LogP contribution in [0.2, 0.25) is 0 Å². The molecule has 272 valence electrons. The Kier molecular flexibility index (Phi) is 10.6. The zero-order chi connectivity index (χ0) is 37.6. The molecule has 21 heteroatoms. The van der Waals surface area contributed by atoms with E-state index in [0.717, 1.165) is 48.5 Å². The molecule has 0 bridgehead atoms. The van der Waals surface area contributed by atoms with Crippen LogP contribution in [0, 0.1) is 5.41 Å². The zero-order valence-electron chi connectivity index (χ0n) is 24.3. The highest BCUT2D eigenvalue weighted by molar-refractivity contribution is 7.97. The van der Waals surface area contributed by atoms with Gasteiger partial charge in [-0.15, -0.1) is 0 Å². The van der Waals surface area contributed by atoms with E-state index < -0.39 is 79.6 Å². The summed E-state index contributed by atoms with van der Waals surface area (Å²) in [4.78, 5) is 0.800. The van der Waals surface area contributed by atoms with Crippen LogP contribution in [0.5, 0.6) is 11.5 Å². The average Bonchev–Trinajstić information content (AvgIpc) is 2.90. The number of benzene rings is 3. The average molecular weight is 768 g/mol. The molecule has 0 fully saturated rings. The minimum Gasteiger partial charge on any atom is -0.486 e. The van der Waals surface area contributed by atoms with Gasteiger partial charge in [0.25, 0.3) is 11.5 Å². The monoisotopic (exact) mass is 767 g/mol. The molecule has 0 aliphatic carbocycles. The van der Waals surface area contributed by atoms with Crippen LogP contribution >= 0.6 is 0 Å². The maximum Gasteiger partial charge on any atom is 0.432 e. The second kappa shape index (κ2) is 13.0. The van der Waals surface area contributed by atoms with Crippen molar-refractivity contribution in [2.75, 3.05) is 0 Å². The van der Waals surface area contributed by atoms with E-state index in [1.54, 1.807) is 6.07 Å². The fourth-order valence-electron chi connectivity index (χ4n) is 4.74. The number of hydrogen-bond acceptors (Lipinski definition) is 4. The quantitative estimate of drug-likeness (QED) is 0.127. The number of rotatable bonds is 10. The first-order valence-electron chi connectivity index (χ1n) is 13.0. The molecule has 1 N–H and O–H groups in total. The molecule has 0 aliphatic heterocycles. The molecular weight excluding hydrogens is 746 g/mol. The lowest BCUT2D eigenvalue weighted by molar-refractivity contribution is -0.459. The summed E-state index contributed by atoms with van der Waals surface area (Å²) in [6, 6.07) is 15.0. The Bertz CT molecular complexity index is 1650. The van der Waals surface area contributed by atoms with E-state index in [2.05, 4.69) is 4.74 Å². The molecule has 3 rings (SSSR count). The predicted molar refractivity (Wildman–Crippen MR) is 144 cm³/mol. The third-order valence-electron chi connectivity index (χ3n) is 6.85. The lowest BCUT2D eigenvalue weighted by atomic mass is 9.71. The van der Waals surface area contributed by atoms with E-state index in [0.29, 0.717) is 4.90 Å². The SMILES string of the molecule is CC(C)(Oc1ccc([S+](c2ccccc2)c2ccc(OC(C(F)(F)F)C(F)(F)S(=O)(=O)O)cc2)cc1)C(C(F)(F)F)(C(F)(F)F)C(F)(F)F. The molecule has 0 radical (unpaired) electrons. The fraction of sp³-hybridized carbons (Fsp3) is 0.357. The highest BCUT2D eigenvalue weighted by Crippen LogP contribution is 2.65. The third-order valence-corrected chi connectivity index (χ3v) is 9.98. The standard InChI is InChI=1S/C28H20F14O5S2/c1-22(2,25(26(34,35)36,27(37,38)39)28(40,41)42)47-17-10-14-20(15-11-17)48(18-6-4-3-5-7-18)19-12-8-16(9-13-19)46-21(23(29,30)31)24(32,33)49(43,44)45/h3-15,21H,1-2H3/p+1. The van der Waals surface area contributed by atoms with E-state index in [-0.39, 0.29) is 23.6 Å². The maximum atomic E-state index is 13.9. The molecule has 0 heterocycles. The van der Waals surface area contributed by atoms with Gasteiger partial charge in [0.1, 0.15) is 17.1 Å². The zero-order valence-corrected chi connectivity index (χ0v) is 25.9. The van der Waals surface area contributed by atoms with Crippen LogP contribution in [-0.4, -0.2) is 54.6 Å². The molecule has 5 nitrogen and oxygen atoms in total. The summed E-state index contributed by atoms with van der Waals surface area (Å²) in [5.41, 5.74) is -10.3. The molecule has 0 amide bonds. The fourth-order valence-corrected chi connectivity index (χ4v) is 7.25. The van der Waals surface area contributed by atoms with Gasteiger partial charge in [-0.3, -0.25) is 4.55 Å². The summed E-state index contributed by atoms with van der Waals surface area (Å²) in [5.74, 6) is -1.77. The third kappa shape index (κ3) is 7.67. The second-order valence-electron chi connectivity index (χ2n) is 10.5. The minimum atomic E-state index is -6.91. The Morgan fingerprint density at radius 1 is 0.592 bits per heavy atom. The van der Waals surface area contributed by atoms with Crippen LogP contribution in [-0.2, 0) is 21.0 Å². The van der Waals surface area contributed by atoms with Gasteiger partial charge >= 0.3 is 40.1 Å². The minimum absolute atomic E-state index is 0.0251. The van der Waals surface area contributed by atoms with Gasteiger partial charge in [-0.05, 0) is 74.5 Å². The van der Waals surface area contributed by atoms with Crippen LogP contribution in [0.25, 0.3) is 0 Å². The number of alkyl halides is 14. The highest BCUT2D eigenvalue weighted by Gasteiger charge is 2.90. The molecule has 0 spiro atoms. The van der Waals surface area contributed by atoms with Crippen molar-refractivity contribution in [1.29, 1.82) is 0 Å². The summed E-state index contributed by atoms with van der Waals surface area (Å²) in [6.45, 7) is -0.0502. The van der Waals surface area contributed by atoms with Crippen molar-refractivity contribution in [3.8, 4) is 11.5 Å². The number of halogens is 14. The van der Waals surface area contributed by atoms with Gasteiger partial charge in [-0.2, -0.15) is 69.9 Å². The van der Waals surface area contributed by atoms with E-state index in [9.17, 15) is 69.9 Å². The van der Waals surface area contributed by atoms with Gasteiger partial charge in [-0.25, -0.2) is 0 Å². The number of hydrogen-bond donors (Lipinski definition) is 1. The van der Waals surface area contributed by atoms with Crippen molar-refractivity contribution in [2.24, 2.45) is 5.41 Å². The second-order valence-corrected chi connectivity index (χ2v) is 14.0. The lowest BCUT2D eigenvalue weighted by Gasteiger charge is -2.48. The molecule has 0 aromatic heterocycles. The van der Waals surface area contributed by atoms with Crippen LogP contribution in [0.3, 0.4) is 0 Å². The molecule has 3 aromatic carbocycles. The van der Waals surface area contributed by atoms with Crippen LogP contribution in [0.1, 0.15) is 13.8 Å². The summed E-state index contributed by atoms with van der Waals surface area (Å²) in [7, 11) is -7.93. The van der Waals surface area contributed by atoms with E-state index in [1.807, 2.05) is 0 Å². The first-order valence-corrected chi connectivity index (χ1v) is 15.6. The topological polar surface area (TPSA) is 72.8 Å². The van der Waals surface area contributed by atoms with Gasteiger partial charge in [0.15, 0.2) is 14.7 Å². The van der Waals surface area contributed by atoms with Crippen molar-refractivity contribution < 1.29 is 83.9 Å². The van der Waals surface area contributed by atoms with E-state index in [4.69, 9.17) is 9.29 Å². The predicted octanol–water partition coefficient (Wildman–Crippen LogP) is 9.40. The van der Waals surface area contributed by atoms with Crippen molar-refractivity contribution in [3.05, 3.63) is 78.9 Å². The van der Waals surface area contributed by atoms with Crippen molar-refractivity contribution in [1.82, 2.24) is 0 Å². The van der Waals surface area contributed by atoms with Gasteiger partial charge < -0.3 is 9.47 Å². The molecule has 2 unspecified atom stereocenters. The molecular formula is C28H21F14O5S2+. The Morgan fingerprint density at radius 3 is 1.31 bits per heavy atom. The molecule has 49 heavy (non-hydrogen) atoms. The van der Waals surface area contributed by atoms with Gasteiger partial charge in [0, 0.05) is 0 Å². The maximum absolute atomic E-state index is 13.9. The molecule has 2 atom stereocenters. The van der Waals surface area contributed by atoms with E-state index >= 15 is 0 Å². The van der Waals surface area contributed by atoms with Crippen molar-refractivity contribution >= 4 is 21.0 Å². The molecule has 0 aliphatic rings. The Hall–Kier alpha value is -3.46. The molecule has 0 saturated heterocycles. The lowest BCUT2D eigenvalue weighted by Crippen LogP contribution is -2.71. The summed E-state index contributed by atoms with van der Waals surface area (Å²) in [6.07, 6.45) is -31.1. The van der Waals surface area contributed by atoms with Gasteiger partial charge in [-0.1, -0.05) is 18.2 Å². The number of ether oxygens (including phenoxy) is 2. The van der Waals surface area contributed by atoms with E-state index in [1.165, 1.54) is 24.3 Å². The molecule has 3 aromatic rings. The first-order chi connectivity index (χ1) is 22.0. The van der Waals surface area contributed by atoms with Gasteiger partial charge in [0.2, 0.25) is 0 Å². The smallest absolute Gasteiger partial charge is 0.432 e. The van der Waals surface area contributed by atoms with Crippen LogP contribution in [0.4, 0.5) is 61.5 Å². The summed E-state index contributed by atoms with van der Waals surface area (Å²) in [5, 5.41) is -5.82. The molecule has 0 saturated carbocycles. The summed E-state index contributed by atoms with van der Waals surface area (Å²) >= 11 is 0. The van der Waals surface area contributed by atoms with Crippen molar-refractivity contribution in [3.63, 3.8) is 0 Å². The van der Waals surface area contributed by atoms with Crippen molar-refractivity contribution in [2.45, 2.75) is 70.2 Å². The Balaban J connectivity index is 2.04. The normalized spacial score (nSPS) is 15.4.